The van der Waals surface area contributed by atoms with Crippen LogP contribution in [0.5, 0.6) is 5.75 Å². The molecule has 1 aromatic carbocycles. The Morgan fingerprint density at radius 1 is 1.29 bits per heavy atom. The van der Waals surface area contributed by atoms with Crippen molar-refractivity contribution in [3.63, 3.8) is 0 Å². The second kappa shape index (κ2) is 4.69. The highest BCUT2D eigenvalue weighted by atomic mass is 16.5. The first-order chi connectivity index (χ1) is 8.11. The van der Waals surface area contributed by atoms with Crippen molar-refractivity contribution in [1.29, 1.82) is 0 Å². The third-order valence-electron chi connectivity index (χ3n) is 4.37. The van der Waals surface area contributed by atoms with Gasteiger partial charge >= 0.3 is 0 Å². The maximum atomic E-state index is 9.91. The van der Waals surface area contributed by atoms with Gasteiger partial charge in [-0.3, -0.25) is 0 Å². The Balaban J connectivity index is 2.13. The minimum absolute atomic E-state index is 0.0487. The Morgan fingerprint density at radius 3 is 2.41 bits per heavy atom. The third kappa shape index (κ3) is 2.06. The van der Waals surface area contributed by atoms with Gasteiger partial charge in [-0.15, -0.1) is 0 Å². The fourth-order valence-electron chi connectivity index (χ4n) is 2.80. The van der Waals surface area contributed by atoms with Crippen LogP contribution in [0.25, 0.3) is 0 Å². The lowest BCUT2D eigenvalue weighted by Crippen LogP contribution is -2.49. The second-order valence-electron chi connectivity index (χ2n) is 5.17. The third-order valence-corrected chi connectivity index (χ3v) is 4.37. The van der Waals surface area contributed by atoms with E-state index in [0.717, 1.165) is 18.6 Å². The van der Waals surface area contributed by atoms with Crippen LogP contribution in [0.15, 0.2) is 24.3 Å². The Bertz CT molecular complexity index is 371. The van der Waals surface area contributed by atoms with E-state index in [2.05, 4.69) is 26.0 Å². The molecule has 0 amide bonds. The summed E-state index contributed by atoms with van der Waals surface area (Å²) in [5.74, 6) is 1.41. The molecule has 1 fully saturated rings. The molecule has 0 spiro atoms. The molecule has 0 radical (unpaired) electrons. The van der Waals surface area contributed by atoms with Gasteiger partial charge in [0, 0.05) is 5.41 Å². The first-order valence-corrected chi connectivity index (χ1v) is 6.52. The van der Waals surface area contributed by atoms with Crippen molar-refractivity contribution in [3.8, 4) is 5.75 Å². The zero-order valence-electron chi connectivity index (χ0n) is 10.9. The predicted molar refractivity (Wildman–Crippen MR) is 69.4 cm³/mol. The molecule has 0 saturated heterocycles. The van der Waals surface area contributed by atoms with Gasteiger partial charge in [0.2, 0.25) is 0 Å². The summed E-state index contributed by atoms with van der Waals surface area (Å²) in [6.45, 7) is 7.03. The van der Waals surface area contributed by atoms with E-state index < -0.39 is 0 Å². The maximum absolute atomic E-state index is 9.91. The number of hydrogen-bond donors (Lipinski definition) is 1. The minimum Gasteiger partial charge on any atom is -0.494 e. The molecule has 1 aromatic rings. The monoisotopic (exact) mass is 234 g/mol. The Morgan fingerprint density at radius 2 is 1.94 bits per heavy atom. The fraction of sp³-hybridized carbons (Fsp3) is 0.600. The van der Waals surface area contributed by atoms with E-state index in [0.29, 0.717) is 12.5 Å². The average molecular weight is 234 g/mol. The van der Waals surface area contributed by atoms with Crippen LogP contribution in [0.3, 0.4) is 0 Å². The Labute approximate surface area is 104 Å². The molecule has 1 aliphatic rings. The lowest BCUT2D eigenvalue weighted by atomic mass is 9.55. The van der Waals surface area contributed by atoms with Gasteiger partial charge in [-0.2, -0.15) is 0 Å². The van der Waals surface area contributed by atoms with Gasteiger partial charge < -0.3 is 9.84 Å². The van der Waals surface area contributed by atoms with Crippen LogP contribution >= 0.6 is 0 Å². The molecule has 2 heteroatoms. The van der Waals surface area contributed by atoms with Crippen molar-refractivity contribution in [3.05, 3.63) is 29.8 Å². The molecular weight excluding hydrogens is 212 g/mol. The largest absolute Gasteiger partial charge is 0.494 e. The molecule has 0 heterocycles. The van der Waals surface area contributed by atoms with Gasteiger partial charge in [0.1, 0.15) is 5.75 Å². The van der Waals surface area contributed by atoms with Crippen LogP contribution in [0.4, 0.5) is 0 Å². The molecule has 2 rings (SSSR count). The predicted octanol–water partition coefficient (Wildman–Crippen LogP) is 3.35. The summed E-state index contributed by atoms with van der Waals surface area (Å²) in [6.07, 6.45) is 1.76. The molecule has 2 nitrogen and oxygen atoms in total. The van der Waals surface area contributed by atoms with Gasteiger partial charge in [0.15, 0.2) is 0 Å². The van der Waals surface area contributed by atoms with Crippen LogP contribution in [0.2, 0.25) is 0 Å². The zero-order chi connectivity index (χ0) is 12.5. The van der Waals surface area contributed by atoms with Gasteiger partial charge in [0.25, 0.3) is 0 Å². The highest BCUT2D eigenvalue weighted by molar-refractivity contribution is 5.33. The SMILES string of the molecule is CCOc1ccc(C2CC(O)C2(C)CC)cc1. The number of benzene rings is 1. The van der Waals surface area contributed by atoms with Gasteiger partial charge in [-0.25, -0.2) is 0 Å². The molecule has 3 atom stereocenters. The van der Waals surface area contributed by atoms with E-state index in [1.807, 2.05) is 19.1 Å². The lowest BCUT2D eigenvalue weighted by Gasteiger charge is -2.51. The van der Waals surface area contributed by atoms with Crippen molar-refractivity contribution >= 4 is 0 Å². The molecule has 1 N–H and O–H groups in total. The van der Waals surface area contributed by atoms with Crippen molar-refractivity contribution in [1.82, 2.24) is 0 Å². The smallest absolute Gasteiger partial charge is 0.119 e. The van der Waals surface area contributed by atoms with E-state index in [4.69, 9.17) is 4.74 Å². The molecule has 1 aliphatic carbocycles. The summed E-state index contributed by atoms with van der Waals surface area (Å²) in [5, 5.41) is 9.91. The normalized spacial score (nSPS) is 32.0. The second-order valence-corrected chi connectivity index (χ2v) is 5.17. The van der Waals surface area contributed by atoms with E-state index >= 15 is 0 Å². The zero-order valence-corrected chi connectivity index (χ0v) is 10.9. The number of aliphatic hydroxyl groups is 1. The maximum Gasteiger partial charge on any atom is 0.119 e. The number of rotatable bonds is 4. The van der Waals surface area contributed by atoms with E-state index in [1.54, 1.807) is 0 Å². The lowest BCUT2D eigenvalue weighted by molar-refractivity contribution is -0.0777. The van der Waals surface area contributed by atoms with E-state index in [9.17, 15) is 5.11 Å². The van der Waals surface area contributed by atoms with Crippen molar-refractivity contribution < 1.29 is 9.84 Å². The summed E-state index contributed by atoms with van der Waals surface area (Å²) in [7, 11) is 0. The Kier molecular flexibility index (Phi) is 3.43. The summed E-state index contributed by atoms with van der Waals surface area (Å²) in [4.78, 5) is 0. The van der Waals surface area contributed by atoms with E-state index in [-0.39, 0.29) is 11.5 Å². The molecule has 17 heavy (non-hydrogen) atoms. The van der Waals surface area contributed by atoms with Crippen LogP contribution in [0, 0.1) is 5.41 Å². The van der Waals surface area contributed by atoms with Crippen LogP contribution in [0.1, 0.15) is 45.1 Å². The molecule has 0 aromatic heterocycles. The number of ether oxygens (including phenoxy) is 1. The molecule has 94 valence electrons. The summed E-state index contributed by atoms with van der Waals surface area (Å²) >= 11 is 0. The van der Waals surface area contributed by atoms with Gasteiger partial charge in [0.05, 0.1) is 12.7 Å². The van der Waals surface area contributed by atoms with Crippen molar-refractivity contribution in [2.45, 2.75) is 45.6 Å². The minimum atomic E-state index is -0.149. The summed E-state index contributed by atoms with van der Waals surface area (Å²) in [5.41, 5.74) is 1.37. The van der Waals surface area contributed by atoms with E-state index in [1.165, 1.54) is 5.56 Å². The Hall–Kier alpha value is -1.02. The standard InChI is InChI=1S/C15H22O2/c1-4-15(3)13(10-14(15)16)11-6-8-12(9-7-11)17-5-2/h6-9,13-14,16H,4-5,10H2,1-3H3. The summed E-state index contributed by atoms with van der Waals surface area (Å²) < 4.78 is 5.44. The quantitative estimate of drug-likeness (QED) is 0.865. The number of aliphatic hydroxyl groups excluding tert-OH is 1. The number of hydrogen-bond acceptors (Lipinski definition) is 2. The highest BCUT2D eigenvalue weighted by Crippen LogP contribution is 2.54. The van der Waals surface area contributed by atoms with Gasteiger partial charge in [-0.05, 0) is 43.4 Å². The molecule has 3 unspecified atom stereocenters. The van der Waals surface area contributed by atoms with Crippen molar-refractivity contribution in [2.75, 3.05) is 6.61 Å². The molecular formula is C15H22O2. The highest BCUT2D eigenvalue weighted by Gasteiger charge is 2.49. The van der Waals surface area contributed by atoms with Gasteiger partial charge in [-0.1, -0.05) is 26.0 Å². The first-order valence-electron chi connectivity index (χ1n) is 6.52. The van der Waals surface area contributed by atoms with Crippen molar-refractivity contribution in [2.24, 2.45) is 5.41 Å². The average Bonchev–Trinajstić information content (AvgIpc) is 2.36. The molecule has 0 aliphatic heterocycles. The molecule has 1 saturated carbocycles. The van der Waals surface area contributed by atoms with Crippen LogP contribution in [-0.4, -0.2) is 17.8 Å². The summed E-state index contributed by atoms with van der Waals surface area (Å²) in [6, 6.07) is 8.32. The topological polar surface area (TPSA) is 29.5 Å². The van der Waals surface area contributed by atoms with Crippen LogP contribution in [-0.2, 0) is 0 Å². The van der Waals surface area contributed by atoms with Crippen LogP contribution < -0.4 is 4.74 Å². The first kappa shape index (κ1) is 12.4. The fourth-order valence-corrected chi connectivity index (χ4v) is 2.80. The molecule has 0 bridgehead atoms.